The highest BCUT2D eigenvalue weighted by atomic mass is 28.3. The molecule has 0 saturated heterocycles. The third kappa shape index (κ3) is 2.36. The van der Waals surface area contributed by atoms with Gasteiger partial charge in [0.05, 0.1) is 5.69 Å². The van der Waals surface area contributed by atoms with Crippen LogP contribution in [0, 0.1) is 0 Å². The molecule has 0 atom stereocenters. The predicted molar refractivity (Wildman–Crippen MR) is 70.4 cm³/mol. The van der Waals surface area contributed by atoms with Crippen LogP contribution in [-0.2, 0) is 0 Å². The lowest BCUT2D eigenvalue weighted by Crippen LogP contribution is -2.40. The van der Waals surface area contributed by atoms with Crippen LogP contribution in [0.1, 0.15) is 0 Å². The van der Waals surface area contributed by atoms with Crippen molar-refractivity contribution in [3.8, 4) is 11.3 Å². The van der Waals surface area contributed by atoms with E-state index in [9.17, 15) is 0 Å². The molecular weight excluding hydrogens is 212 g/mol. The second-order valence-corrected chi connectivity index (χ2v) is 9.92. The van der Waals surface area contributed by atoms with Crippen molar-refractivity contribution in [2.75, 3.05) is 0 Å². The molecular formula is C13H16N2Si. The van der Waals surface area contributed by atoms with Gasteiger partial charge in [0.25, 0.3) is 0 Å². The van der Waals surface area contributed by atoms with Crippen molar-refractivity contribution >= 4 is 13.4 Å². The highest BCUT2D eigenvalue weighted by Gasteiger charge is 2.18. The summed E-state index contributed by atoms with van der Waals surface area (Å²) < 4.78 is 0. The standard InChI is InChI=1S/C13H16N2Si/c1-16(2,3)13-9-12(14-10-15-13)11-7-5-4-6-8-11/h4-10H,1-3H3. The summed E-state index contributed by atoms with van der Waals surface area (Å²) in [6.45, 7) is 6.89. The molecule has 0 bridgehead atoms. The van der Waals surface area contributed by atoms with Gasteiger partial charge < -0.3 is 0 Å². The van der Waals surface area contributed by atoms with Crippen LogP contribution in [0.25, 0.3) is 11.3 Å². The van der Waals surface area contributed by atoms with E-state index in [-0.39, 0.29) is 0 Å². The minimum atomic E-state index is -1.35. The van der Waals surface area contributed by atoms with E-state index in [1.807, 2.05) is 18.2 Å². The largest absolute Gasteiger partial charge is 0.246 e. The summed E-state index contributed by atoms with van der Waals surface area (Å²) in [6.07, 6.45) is 1.68. The van der Waals surface area contributed by atoms with Crippen LogP contribution in [0.15, 0.2) is 42.7 Å². The van der Waals surface area contributed by atoms with Crippen LogP contribution < -0.4 is 5.32 Å². The van der Waals surface area contributed by atoms with E-state index >= 15 is 0 Å². The fourth-order valence-corrected chi connectivity index (χ4v) is 2.55. The quantitative estimate of drug-likeness (QED) is 0.739. The number of aromatic nitrogens is 2. The fraction of sp³-hybridized carbons (Fsp3) is 0.231. The van der Waals surface area contributed by atoms with E-state index in [0.29, 0.717) is 0 Å². The lowest BCUT2D eigenvalue weighted by Gasteiger charge is -2.15. The molecule has 1 aromatic heterocycles. The molecule has 0 unspecified atom stereocenters. The molecule has 0 fully saturated rings. The van der Waals surface area contributed by atoms with Gasteiger partial charge in [-0.05, 0) is 6.07 Å². The van der Waals surface area contributed by atoms with Gasteiger partial charge in [0.15, 0.2) is 0 Å². The number of benzene rings is 1. The summed E-state index contributed by atoms with van der Waals surface area (Å²) in [7, 11) is -1.35. The van der Waals surface area contributed by atoms with Crippen molar-refractivity contribution in [3.05, 3.63) is 42.7 Å². The Morgan fingerprint density at radius 2 is 1.62 bits per heavy atom. The molecule has 0 aliphatic rings. The first-order chi connectivity index (χ1) is 7.57. The van der Waals surface area contributed by atoms with Crippen molar-refractivity contribution in [1.29, 1.82) is 0 Å². The highest BCUT2D eigenvalue weighted by Crippen LogP contribution is 2.14. The Bertz CT molecular complexity index is 475. The Hall–Kier alpha value is -1.48. The Morgan fingerprint density at radius 1 is 0.938 bits per heavy atom. The van der Waals surface area contributed by atoms with Crippen molar-refractivity contribution in [1.82, 2.24) is 9.97 Å². The normalized spacial score (nSPS) is 11.4. The maximum absolute atomic E-state index is 4.39. The van der Waals surface area contributed by atoms with Crippen molar-refractivity contribution < 1.29 is 0 Å². The van der Waals surface area contributed by atoms with E-state index in [2.05, 4.69) is 47.8 Å². The zero-order valence-electron chi connectivity index (χ0n) is 9.94. The molecule has 0 aliphatic carbocycles. The molecule has 2 aromatic rings. The van der Waals surface area contributed by atoms with E-state index in [1.54, 1.807) is 6.33 Å². The first-order valence-electron chi connectivity index (χ1n) is 5.45. The number of rotatable bonds is 2. The second kappa shape index (κ2) is 4.18. The zero-order valence-corrected chi connectivity index (χ0v) is 10.9. The van der Waals surface area contributed by atoms with E-state index in [1.165, 1.54) is 5.32 Å². The molecule has 0 aliphatic heterocycles. The summed E-state index contributed by atoms with van der Waals surface area (Å²) in [5.41, 5.74) is 2.18. The van der Waals surface area contributed by atoms with Gasteiger partial charge in [-0.2, -0.15) is 0 Å². The van der Waals surface area contributed by atoms with Gasteiger partial charge in [-0.3, -0.25) is 0 Å². The maximum Gasteiger partial charge on any atom is 0.115 e. The Labute approximate surface area is 97.4 Å². The van der Waals surface area contributed by atoms with Gasteiger partial charge in [-0.1, -0.05) is 50.0 Å². The third-order valence-electron chi connectivity index (χ3n) is 2.51. The lowest BCUT2D eigenvalue weighted by atomic mass is 10.1. The second-order valence-electron chi connectivity index (χ2n) is 4.90. The highest BCUT2D eigenvalue weighted by molar-refractivity contribution is 6.88. The molecule has 2 nitrogen and oxygen atoms in total. The molecule has 82 valence electrons. The fourth-order valence-electron chi connectivity index (χ4n) is 1.53. The minimum absolute atomic E-state index is 1.02. The minimum Gasteiger partial charge on any atom is -0.246 e. The van der Waals surface area contributed by atoms with Crippen LogP contribution >= 0.6 is 0 Å². The van der Waals surface area contributed by atoms with Crippen LogP contribution in [0.3, 0.4) is 0 Å². The molecule has 3 heteroatoms. The zero-order chi connectivity index (χ0) is 11.6. The molecule has 16 heavy (non-hydrogen) atoms. The molecule has 1 aromatic carbocycles. The van der Waals surface area contributed by atoms with Crippen LogP contribution in [0.2, 0.25) is 19.6 Å². The first kappa shape index (κ1) is 11.0. The van der Waals surface area contributed by atoms with Gasteiger partial charge >= 0.3 is 0 Å². The lowest BCUT2D eigenvalue weighted by molar-refractivity contribution is 1.19. The van der Waals surface area contributed by atoms with Crippen molar-refractivity contribution in [2.24, 2.45) is 0 Å². The summed E-state index contributed by atoms with van der Waals surface area (Å²) in [5.74, 6) is 0. The van der Waals surface area contributed by atoms with E-state index in [0.717, 1.165) is 11.3 Å². The molecule has 0 N–H and O–H groups in total. The molecule has 0 radical (unpaired) electrons. The van der Waals surface area contributed by atoms with Gasteiger partial charge in [0.1, 0.15) is 14.4 Å². The third-order valence-corrected chi connectivity index (χ3v) is 4.32. The summed E-state index contributed by atoms with van der Waals surface area (Å²) in [5, 5.41) is 1.21. The van der Waals surface area contributed by atoms with Crippen molar-refractivity contribution in [3.63, 3.8) is 0 Å². The topological polar surface area (TPSA) is 25.8 Å². The average Bonchev–Trinajstić information content (AvgIpc) is 2.29. The Balaban J connectivity index is 2.45. The van der Waals surface area contributed by atoms with E-state index < -0.39 is 8.07 Å². The number of nitrogens with zero attached hydrogens (tertiary/aromatic N) is 2. The Kier molecular flexibility index (Phi) is 2.88. The molecule has 0 saturated carbocycles. The van der Waals surface area contributed by atoms with Crippen LogP contribution in [0.4, 0.5) is 0 Å². The average molecular weight is 228 g/mol. The summed E-state index contributed by atoms with van der Waals surface area (Å²) >= 11 is 0. The molecule has 1 heterocycles. The number of hydrogen-bond acceptors (Lipinski definition) is 2. The van der Waals surface area contributed by atoms with Crippen LogP contribution in [0.5, 0.6) is 0 Å². The van der Waals surface area contributed by atoms with Crippen LogP contribution in [-0.4, -0.2) is 18.0 Å². The Morgan fingerprint density at radius 3 is 2.25 bits per heavy atom. The molecule has 2 rings (SSSR count). The van der Waals surface area contributed by atoms with Gasteiger partial charge in [-0.25, -0.2) is 9.97 Å². The predicted octanol–water partition coefficient (Wildman–Crippen LogP) is 2.69. The maximum atomic E-state index is 4.39. The monoisotopic (exact) mass is 228 g/mol. The van der Waals surface area contributed by atoms with Gasteiger partial charge in [-0.15, -0.1) is 0 Å². The van der Waals surface area contributed by atoms with Gasteiger partial charge in [0, 0.05) is 10.9 Å². The summed E-state index contributed by atoms with van der Waals surface area (Å²) in [6, 6.07) is 12.4. The van der Waals surface area contributed by atoms with Gasteiger partial charge in [0.2, 0.25) is 0 Å². The first-order valence-corrected chi connectivity index (χ1v) is 8.95. The van der Waals surface area contributed by atoms with E-state index in [4.69, 9.17) is 0 Å². The molecule has 0 spiro atoms. The SMILES string of the molecule is C[Si](C)(C)c1cc(-c2ccccc2)ncn1. The number of hydrogen-bond donors (Lipinski definition) is 0. The summed E-state index contributed by atoms with van der Waals surface area (Å²) in [4.78, 5) is 8.72. The van der Waals surface area contributed by atoms with Crippen molar-refractivity contribution in [2.45, 2.75) is 19.6 Å². The molecule has 0 amide bonds. The smallest absolute Gasteiger partial charge is 0.115 e.